The third-order valence-electron chi connectivity index (χ3n) is 3.71. The summed E-state index contributed by atoms with van der Waals surface area (Å²) in [5, 5.41) is 0. The van der Waals surface area contributed by atoms with Crippen LogP contribution in [-0.2, 0) is 12.8 Å². The highest BCUT2D eigenvalue weighted by Crippen LogP contribution is 2.35. The SMILES string of the molecule is C[C@H](N)c1ccccc1Sc1ccc2c(c1)CCC2. The first kappa shape index (κ1) is 12.8. The fourth-order valence-corrected chi connectivity index (χ4v) is 3.80. The Hall–Kier alpha value is -1.25. The van der Waals surface area contributed by atoms with Crippen LogP contribution in [0.4, 0.5) is 0 Å². The first-order valence-corrected chi connectivity index (χ1v) is 7.70. The second kappa shape index (κ2) is 5.40. The van der Waals surface area contributed by atoms with Crippen LogP contribution in [-0.4, -0.2) is 0 Å². The van der Waals surface area contributed by atoms with Gasteiger partial charge < -0.3 is 5.73 Å². The summed E-state index contributed by atoms with van der Waals surface area (Å²) in [6.45, 7) is 2.04. The highest BCUT2D eigenvalue weighted by molar-refractivity contribution is 7.99. The van der Waals surface area contributed by atoms with E-state index in [0.717, 1.165) is 0 Å². The molecule has 0 fully saturated rings. The minimum absolute atomic E-state index is 0.0816. The van der Waals surface area contributed by atoms with Gasteiger partial charge in [0.2, 0.25) is 0 Å². The van der Waals surface area contributed by atoms with Crippen molar-refractivity contribution in [3.63, 3.8) is 0 Å². The molecule has 98 valence electrons. The van der Waals surface area contributed by atoms with Crippen molar-refractivity contribution in [3.8, 4) is 0 Å². The molecule has 0 saturated heterocycles. The normalized spacial score (nSPS) is 15.3. The number of hydrogen-bond acceptors (Lipinski definition) is 2. The van der Waals surface area contributed by atoms with Gasteiger partial charge >= 0.3 is 0 Å². The number of fused-ring (bicyclic) bond motifs is 1. The Balaban J connectivity index is 1.89. The number of hydrogen-bond donors (Lipinski definition) is 1. The van der Waals surface area contributed by atoms with Gasteiger partial charge in [0.05, 0.1) is 0 Å². The summed E-state index contributed by atoms with van der Waals surface area (Å²) in [5.74, 6) is 0. The summed E-state index contributed by atoms with van der Waals surface area (Å²) in [5.41, 5.74) is 10.3. The van der Waals surface area contributed by atoms with Crippen molar-refractivity contribution < 1.29 is 0 Å². The predicted molar refractivity (Wildman–Crippen MR) is 81.6 cm³/mol. The van der Waals surface area contributed by atoms with Crippen LogP contribution in [0.3, 0.4) is 0 Å². The van der Waals surface area contributed by atoms with Crippen molar-refractivity contribution >= 4 is 11.8 Å². The standard InChI is InChI=1S/C17H19NS/c1-12(18)16-7-2-3-8-17(16)19-15-10-9-13-5-4-6-14(13)11-15/h2-3,7-12H,4-6,18H2,1H3/t12-/m0/s1. The first-order chi connectivity index (χ1) is 9.24. The van der Waals surface area contributed by atoms with Crippen LogP contribution in [0.25, 0.3) is 0 Å². The Kier molecular flexibility index (Phi) is 3.63. The maximum absolute atomic E-state index is 6.05. The van der Waals surface area contributed by atoms with Crippen LogP contribution in [0, 0.1) is 0 Å². The second-order valence-corrected chi connectivity index (χ2v) is 6.33. The molecule has 0 aliphatic heterocycles. The van der Waals surface area contributed by atoms with E-state index in [9.17, 15) is 0 Å². The average Bonchev–Trinajstić information content (AvgIpc) is 2.86. The number of nitrogens with two attached hydrogens (primary N) is 1. The van der Waals surface area contributed by atoms with Crippen LogP contribution >= 0.6 is 11.8 Å². The van der Waals surface area contributed by atoms with Gasteiger partial charge in [0.1, 0.15) is 0 Å². The largest absolute Gasteiger partial charge is 0.324 e. The summed E-state index contributed by atoms with van der Waals surface area (Å²) >= 11 is 1.83. The third kappa shape index (κ3) is 2.70. The van der Waals surface area contributed by atoms with E-state index in [0.29, 0.717) is 0 Å². The third-order valence-corrected chi connectivity index (χ3v) is 4.79. The summed E-state index contributed by atoms with van der Waals surface area (Å²) in [6.07, 6.45) is 3.79. The summed E-state index contributed by atoms with van der Waals surface area (Å²) in [4.78, 5) is 2.60. The summed E-state index contributed by atoms with van der Waals surface area (Å²) in [7, 11) is 0. The Morgan fingerprint density at radius 3 is 2.68 bits per heavy atom. The molecule has 0 aromatic heterocycles. The first-order valence-electron chi connectivity index (χ1n) is 6.88. The molecule has 0 radical (unpaired) electrons. The van der Waals surface area contributed by atoms with E-state index in [1.54, 1.807) is 0 Å². The molecule has 1 nitrogen and oxygen atoms in total. The molecule has 0 unspecified atom stereocenters. The topological polar surface area (TPSA) is 26.0 Å². The van der Waals surface area contributed by atoms with E-state index >= 15 is 0 Å². The zero-order valence-corrected chi connectivity index (χ0v) is 12.0. The molecule has 1 aliphatic carbocycles. The van der Waals surface area contributed by atoms with Crippen molar-refractivity contribution in [2.75, 3.05) is 0 Å². The summed E-state index contributed by atoms with van der Waals surface area (Å²) in [6, 6.07) is 15.4. The van der Waals surface area contributed by atoms with Crippen LogP contribution in [0.1, 0.15) is 36.1 Å². The van der Waals surface area contributed by atoms with E-state index in [2.05, 4.69) is 42.5 Å². The molecule has 0 amide bonds. The van der Waals surface area contributed by atoms with Gasteiger partial charge in [0.25, 0.3) is 0 Å². The lowest BCUT2D eigenvalue weighted by Crippen LogP contribution is -2.05. The Morgan fingerprint density at radius 2 is 1.84 bits per heavy atom. The van der Waals surface area contributed by atoms with Gasteiger partial charge in [-0.05, 0) is 61.1 Å². The number of rotatable bonds is 3. The molecule has 1 aliphatic rings. The highest BCUT2D eigenvalue weighted by atomic mass is 32.2. The van der Waals surface area contributed by atoms with Crippen molar-refractivity contribution in [1.82, 2.24) is 0 Å². The Bertz CT molecular complexity index is 590. The van der Waals surface area contributed by atoms with Gasteiger partial charge in [-0.3, -0.25) is 0 Å². The van der Waals surface area contributed by atoms with Crippen LogP contribution in [0.5, 0.6) is 0 Å². The molecule has 19 heavy (non-hydrogen) atoms. The number of aryl methyl sites for hydroxylation is 2. The van der Waals surface area contributed by atoms with Crippen molar-refractivity contribution in [2.24, 2.45) is 5.73 Å². The Labute approximate surface area is 119 Å². The lowest BCUT2D eigenvalue weighted by molar-refractivity contribution is 0.797. The molecule has 2 N–H and O–H groups in total. The van der Waals surface area contributed by atoms with Crippen LogP contribution < -0.4 is 5.73 Å². The van der Waals surface area contributed by atoms with Crippen molar-refractivity contribution in [3.05, 3.63) is 59.2 Å². The smallest absolute Gasteiger partial charge is 0.0277 e. The molecule has 0 bridgehead atoms. The molecule has 2 aromatic rings. The highest BCUT2D eigenvalue weighted by Gasteiger charge is 2.12. The van der Waals surface area contributed by atoms with E-state index in [4.69, 9.17) is 5.73 Å². The van der Waals surface area contributed by atoms with Gasteiger partial charge in [0.15, 0.2) is 0 Å². The maximum atomic E-state index is 6.05. The molecule has 3 rings (SSSR count). The van der Waals surface area contributed by atoms with E-state index in [1.807, 2.05) is 18.7 Å². The van der Waals surface area contributed by atoms with Crippen molar-refractivity contribution in [1.29, 1.82) is 0 Å². The quantitative estimate of drug-likeness (QED) is 0.896. The molecule has 0 spiro atoms. The van der Waals surface area contributed by atoms with Crippen LogP contribution in [0.2, 0.25) is 0 Å². The molecule has 0 heterocycles. The summed E-state index contributed by atoms with van der Waals surface area (Å²) < 4.78 is 0. The van der Waals surface area contributed by atoms with Gasteiger partial charge in [-0.15, -0.1) is 0 Å². The van der Waals surface area contributed by atoms with Gasteiger partial charge in [0, 0.05) is 15.8 Å². The zero-order valence-electron chi connectivity index (χ0n) is 11.2. The lowest BCUT2D eigenvalue weighted by Gasteiger charge is -2.12. The van der Waals surface area contributed by atoms with E-state index in [1.165, 1.54) is 45.7 Å². The van der Waals surface area contributed by atoms with E-state index < -0.39 is 0 Å². The zero-order chi connectivity index (χ0) is 13.2. The van der Waals surface area contributed by atoms with Crippen molar-refractivity contribution in [2.45, 2.75) is 42.0 Å². The molecular formula is C17H19NS. The molecule has 0 saturated carbocycles. The minimum atomic E-state index is 0.0816. The second-order valence-electron chi connectivity index (χ2n) is 5.21. The lowest BCUT2D eigenvalue weighted by atomic mass is 10.1. The van der Waals surface area contributed by atoms with Gasteiger partial charge in [-0.1, -0.05) is 36.0 Å². The molecule has 1 atom stereocenters. The average molecular weight is 269 g/mol. The van der Waals surface area contributed by atoms with Gasteiger partial charge in [-0.2, -0.15) is 0 Å². The number of benzene rings is 2. The van der Waals surface area contributed by atoms with E-state index in [-0.39, 0.29) is 6.04 Å². The molecule has 2 heteroatoms. The molecular weight excluding hydrogens is 250 g/mol. The minimum Gasteiger partial charge on any atom is -0.324 e. The molecule has 2 aromatic carbocycles. The van der Waals surface area contributed by atoms with Gasteiger partial charge in [-0.25, -0.2) is 0 Å². The fraction of sp³-hybridized carbons (Fsp3) is 0.294. The van der Waals surface area contributed by atoms with Crippen LogP contribution in [0.15, 0.2) is 52.3 Å². The predicted octanol–water partition coefficient (Wildman–Crippen LogP) is 4.35. The Morgan fingerprint density at radius 1 is 1.05 bits per heavy atom. The fourth-order valence-electron chi connectivity index (χ4n) is 2.69. The maximum Gasteiger partial charge on any atom is 0.0277 e. The monoisotopic (exact) mass is 269 g/mol.